The van der Waals surface area contributed by atoms with Crippen LogP contribution in [0.25, 0.3) is 11.1 Å². The first kappa shape index (κ1) is 46.4. The van der Waals surface area contributed by atoms with Gasteiger partial charge < -0.3 is 47.9 Å². The van der Waals surface area contributed by atoms with E-state index in [1.807, 2.05) is 67.9 Å². The quantitative estimate of drug-likeness (QED) is 0.0592. The van der Waals surface area contributed by atoms with E-state index in [4.69, 9.17) is 17.2 Å². The lowest BCUT2D eigenvalue weighted by atomic mass is 9.82. The van der Waals surface area contributed by atoms with Gasteiger partial charge in [0, 0.05) is 85.7 Å². The Morgan fingerprint density at radius 3 is 2.19 bits per heavy atom. The Balaban J connectivity index is 1.96. The highest BCUT2D eigenvalue weighted by atomic mass is 19.1. The van der Waals surface area contributed by atoms with Gasteiger partial charge in [-0.3, -0.25) is 9.59 Å². The lowest BCUT2D eigenvalue weighted by molar-refractivity contribution is -0.134. The van der Waals surface area contributed by atoms with Gasteiger partial charge >= 0.3 is 0 Å². The van der Waals surface area contributed by atoms with Gasteiger partial charge in [-0.2, -0.15) is 0 Å². The fraction of sp³-hybridized carbons (Fsp3) is 0.455. The van der Waals surface area contributed by atoms with Gasteiger partial charge in [-0.05, 0) is 68.1 Å². The number of likely N-dealkylation sites (N-methyl/N-ethyl adjacent to an activating group) is 1. The van der Waals surface area contributed by atoms with Crippen LogP contribution in [0.2, 0.25) is 0 Å². The molecule has 0 aliphatic rings. The molecule has 0 saturated heterocycles. The van der Waals surface area contributed by atoms with Crippen LogP contribution >= 0.6 is 0 Å². The molecule has 13 heteroatoms. The van der Waals surface area contributed by atoms with Crippen molar-refractivity contribution in [2.75, 3.05) is 33.2 Å². The smallest absolute Gasteiger partial charge is 0.238 e. The maximum absolute atomic E-state index is 15.2. The van der Waals surface area contributed by atoms with Crippen LogP contribution in [0.4, 0.5) is 8.78 Å². The summed E-state index contributed by atoms with van der Waals surface area (Å²) < 4.78 is 31.7. The topological polar surface area (TPSA) is 168 Å². The summed E-state index contributed by atoms with van der Waals surface area (Å²) in [5.41, 5.74) is 21.3. The highest BCUT2D eigenvalue weighted by Crippen LogP contribution is 2.41. The van der Waals surface area contributed by atoms with Gasteiger partial charge in [0.05, 0.1) is 18.1 Å². The van der Waals surface area contributed by atoms with Crippen LogP contribution in [-0.2, 0) is 16.1 Å². The van der Waals surface area contributed by atoms with E-state index in [-0.39, 0.29) is 36.4 Å². The summed E-state index contributed by atoms with van der Waals surface area (Å²) in [6, 6.07) is 13.1. The van der Waals surface area contributed by atoms with E-state index in [1.165, 1.54) is 13.0 Å². The molecule has 57 heavy (non-hydrogen) atoms. The third kappa shape index (κ3) is 14.2. The molecule has 0 aliphatic carbocycles. The molecule has 0 aliphatic heterocycles. The molecule has 11 nitrogen and oxygen atoms in total. The molecule has 3 rings (SSSR count). The predicted octanol–water partition coefficient (Wildman–Crippen LogP) is 5.41. The highest BCUT2D eigenvalue weighted by molar-refractivity contribution is 5.82. The molecule has 0 spiro atoms. The van der Waals surface area contributed by atoms with Crippen LogP contribution in [0.1, 0.15) is 77.1 Å². The molecule has 1 aromatic heterocycles. The molecular weight excluding hydrogens is 725 g/mol. The number of rotatable bonds is 24. The van der Waals surface area contributed by atoms with Crippen molar-refractivity contribution in [2.24, 2.45) is 22.6 Å². The zero-order valence-corrected chi connectivity index (χ0v) is 34.5. The largest absolute Gasteiger partial charge is 0.402 e. The minimum Gasteiger partial charge on any atom is -0.402 e. The molecule has 312 valence electrons. The van der Waals surface area contributed by atoms with Gasteiger partial charge in [0.2, 0.25) is 11.8 Å². The van der Waals surface area contributed by atoms with Crippen molar-refractivity contribution in [1.29, 1.82) is 0 Å². The Kier molecular flexibility index (Phi) is 18.0. The molecule has 1 heterocycles. The van der Waals surface area contributed by atoms with E-state index < -0.39 is 35.2 Å². The van der Waals surface area contributed by atoms with E-state index in [0.717, 1.165) is 48.3 Å². The SMILES string of the molecule is C=C(N)CC(NC)C(=O)NC(CCN(C(C)=O)C(c1cc(-c2cc(F)ccc2F)cn1Cc1ccccc1)C(C)(C)C)C(=C)NCCNC(=C)C(N)CCCCN. The van der Waals surface area contributed by atoms with Crippen LogP contribution in [0.5, 0.6) is 0 Å². The van der Waals surface area contributed by atoms with Crippen molar-refractivity contribution >= 4 is 11.8 Å². The first-order chi connectivity index (χ1) is 27.0. The molecule has 2 amide bonds. The summed E-state index contributed by atoms with van der Waals surface area (Å²) in [6.45, 7) is 22.0. The fourth-order valence-electron chi connectivity index (χ4n) is 6.93. The number of hydrogen-bond donors (Lipinski definition) is 7. The monoisotopic (exact) mass is 790 g/mol. The van der Waals surface area contributed by atoms with E-state index in [2.05, 4.69) is 41.0 Å². The summed E-state index contributed by atoms with van der Waals surface area (Å²) in [5.74, 6) is -1.60. The van der Waals surface area contributed by atoms with Crippen molar-refractivity contribution in [3.63, 3.8) is 0 Å². The minimum absolute atomic E-state index is 0.126. The second-order valence-electron chi connectivity index (χ2n) is 15.7. The molecule has 0 fully saturated rings. The molecule has 4 atom stereocenters. The molecule has 0 saturated carbocycles. The number of hydrogen-bond acceptors (Lipinski definition) is 8. The Bertz CT molecular complexity index is 1800. The average molecular weight is 790 g/mol. The molecule has 0 bridgehead atoms. The van der Waals surface area contributed by atoms with Crippen LogP contribution < -0.4 is 38.5 Å². The Labute approximate surface area is 338 Å². The number of nitrogens with two attached hydrogens (primary N) is 3. The standard InChI is InChI=1S/C44H65F2N9O2/c1-29(48)24-40(50-8)43(57)53-39(31(3)52-22-21-51-30(2)38(49)16-12-13-20-47)19-23-55(32(4)56)42(44(5,6)7)41-25-34(36-26-35(45)17-18-37(36)46)28-54(41)27-33-14-10-9-11-15-33/h9-11,14-15,17-18,25-26,28,38-40,42,50-52H,1-3,12-13,16,19-24,27,47-49H2,4-8H3,(H,53,57). The molecular formula is C44H65F2N9O2. The summed E-state index contributed by atoms with van der Waals surface area (Å²) >= 11 is 0. The molecule has 0 radical (unpaired) electrons. The highest BCUT2D eigenvalue weighted by Gasteiger charge is 2.37. The molecule has 4 unspecified atom stereocenters. The maximum atomic E-state index is 15.2. The minimum atomic E-state index is -0.641. The number of amides is 2. The van der Waals surface area contributed by atoms with Crippen LogP contribution in [0.3, 0.4) is 0 Å². The molecule has 3 aromatic rings. The van der Waals surface area contributed by atoms with Crippen molar-refractivity contribution in [2.45, 2.75) is 90.5 Å². The number of carbonyl (C=O) groups is 2. The Hall–Kier alpha value is -4.98. The fourth-order valence-corrected chi connectivity index (χ4v) is 6.93. The lowest BCUT2D eigenvalue weighted by Crippen LogP contribution is -2.51. The zero-order valence-electron chi connectivity index (χ0n) is 34.5. The zero-order chi connectivity index (χ0) is 42.3. The number of nitrogens with zero attached hydrogens (tertiary/aromatic N) is 2. The van der Waals surface area contributed by atoms with E-state index in [9.17, 15) is 14.0 Å². The Morgan fingerprint density at radius 2 is 1.60 bits per heavy atom. The van der Waals surface area contributed by atoms with Crippen molar-refractivity contribution in [1.82, 2.24) is 30.7 Å². The number of nitrogens with one attached hydrogen (secondary N) is 4. The van der Waals surface area contributed by atoms with Crippen LogP contribution in [0, 0.1) is 17.0 Å². The first-order valence-electron chi connectivity index (χ1n) is 19.6. The first-order valence-corrected chi connectivity index (χ1v) is 19.6. The van der Waals surface area contributed by atoms with Crippen molar-refractivity contribution < 1.29 is 18.4 Å². The number of halogens is 2. The van der Waals surface area contributed by atoms with Gasteiger partial charge in [0.25, 0.3) is 0 Å². The summed E-state index contributed by atoms with van der Waals surface area (Å²) in [5, 5.41) is 12.7. The van der Waals surface area contributed by atoms with Crippen LogP contribution in [-0.4, -0.2) is 72.6 Å². The summed E-state index contributed by atoms with van der Waals surface area (Å²) in [4.78, 5) is 29.1. The summed E-state index contributed by atoms with van der Waals surface area (Å²) in [7, 11) is 1.68. The second kappa shape index (κ2) is 22.1. The molecule has 2 aromatic carbocycles. The number of unbranched alkanes of at least 4 members (excludes halogenated alkanes) is 1. The average Bonchev–Trinajstić information content (AvgIpc) is 3.55. The third-order valence-corrected chi connectivity index (χ3v) is 9.95. The summed E-state index contributed by atoms with van der Waals surface area (Å²) in [6.07, 6.45) is 4.94. The van der Waals surface area contributed by atoms with E-state index in [1.54, 1.807) is 11.9 Å². The Morgan fingerprint density at radius 1 is 0.930 bits per heavy atom. The number of benzene rings is 2. The normalized spacial score (nSPS) is 13.6. The van der Waals surface area contributed by atoms with Gasteiger partial charge in [0.1, 0.15) is 11.6 Å². The predicted molar refractivity (Wildman–Crippen MR) is 227 cm³/mol. The van der Waals surface area contributed by atoms with Crippen LogP contribution in [0.15, 0.2) is 97.6 Å². The van der Waals surface area contributed by atoms with Gasteiger partial charge in [-0.25, -0.2) is 8.78 Å². The second-order valence-corrected chi connectivity index (χ2v) is 15.7. The van der Waals surface area contributed by atoms with Crippen molar-refractivity contribution in [3.05, 3.63) is 121 Å². The number of aromatic nitrogens is 1. The van der Waals surface area contributed by atoms with Gasteiger partial charge in [-0.1, -0.05) is 77.3 Å². The third-order valence-electron chi connectivity index (χ3n) is 9.95. The maximum Gasteiger partial charge on any atom is 0.238 e. The lowest BCUT2D eigenvalue weighted by Gasteiger charge is -2.41. The van der Waals surface area contributed by atoms with Gasteiger partial charge in [0.15, 0.2) is 0 Å². The molecule has 10 N–H and O–H groups in total. The van der Waals surface area contributed by atoms with E-state index >= 15 is 4.39 Å². The van der Waals surface area contributed by atoms with Crippen molar-refractivity contribution in [3.8, 4) is 11.1 Å². The number of carbonyl (C=O) groups excluding carboxylic acids is 2. The van der Waals surface area contributed by atoms with E-state index in [0.29, 0.717) is 49.6 Å². The van der Waals surface area contributed by atoms with Gasteiger partial charge in [-0.15, -0.1) is 0 Å².